The first-order valence-corrected chi connectivity index (χ1v) is 7.70. The molecule has 1 unspecified atom stereocenters. The summed E-state index contributed by atoms with van der Waals surface area (Å²) in [5.74, 6) is 1.07. The van der Waals surface area contributed by atoms with Crippen LogP contribution in [0.3, 0.4) is 0 Å². The zero-order valence-electron chi connectivity index (χ0n) is 10.2. The summed E-state index contributed by atoms with van der Waals surface area (Å²) in [5, 5.41) is 2.13. The molecule has 0 saturated heterocycles. The highest BCUT2D eigenvalue weighted by molar-refractivity contribution is 7.26. The molecule has 0 radical (unpaired) electrons. The van der Waals surface area contributed by atoms with E-state index in [1.165, 1.54) is 14.3 Å². The second-order valence-electron chi connectivity index (χ2n) is 4.24. The van der Waals surface area contributed by atoms with Crippen LogP contribution < -0.4 is 5.73 Å². The van der Waals surface area contributed by atoms with E-state index < -0.39 is 0 Å². The van der Waals surface area contributed by atoms with Crippen LogP contribution in [0.1, 0.15) is 23.7 Å². The number of thiophene rings is 2. The Morgan fingerprint density at radius 1 is 1.44 bits per heavy atom. The summed E-state index contributed by atoms with van der Waals surface area (Å²) < 4.78 is 4.82. The fraction of sp³-hybridized carbons (Fsp3) is 0.308. The van der Waals surface area contributed by atoms with Crippen LogP contribution in [0.15, 0.2) is 29.9 Å². The maximum absolute atomic E-state index is 6.29. The van der Waals surface area contributed by atoms with Crippen LogP contribution in [-0.2, 0) is 13.0 Å². The van der Waals surface area contributed by atoms with Gasteiger partial charge < -0.3 is 10.3 Å². The molecule has 3 aromatic rings. The monoisotopic (exact) mass is 277 g/mol. The summed E-state index contributed by atoms with van der Waals surface area (Å²) in [6.07, 6.45) is 4.65. The highest BCUT2D eigenvalue weighted by Crippen LogP contribution is 2.33. The third-order valence-corrected chi connectivity index (χ3v) is 5.29. The lowest BCUT2D eigenvalue weighted by molar-refractivity contribution is 0.634. The molecule has 94 valence electrons. The van der Waals surface area contributed by atoms with Crippen LogP contribution in [0, 0.1) is 0 Å². The summed E-state index contributed by atoms with van der Waals surface area (Å²) >= 11 is 3.57. The smallest absolute Gasteiger partial charge is 0.110 e. The van der Waals surface area contributed by atoms with E-state index in [1.807, 2.05) is 12.4 Å². The molecule has 3 aromatic heterocycles. The van der Waals surface area contributed by atoms with Gasteiger partial charge in [-0.1, -0.05) is 0 Å². The summed E-state index contributed by atoms with van der Waals surface area (Å²) in [4.78, 5) is 5.64. The quantitative estimate of drug-likeness (QED) is 0.794. The number of nitrogens with zero attached hydrogens (tertiary/aromatic N) is 2. The molecule has 3 heterocycles. The molecule has 0 fully saturated rings. The van der Waals surface area contributed by atoms with Crippen molar-refractivity contribution in [1.82, 2.24) is 9.55 Å². The Kier molecular flexibility index (Phi) is 3.20. The Labute approximate surface area is 114 Å². The number of hydrogen-bond acceptors (Lipinski definition) is 4. The first-order chi connectivity index (χ1) is 8.78. The van der Waals surface area contributed by atoms with Gasteiger partial charge in [0.15, 0.2) is 0 Å². The van der Waals surface area contributed by atoms with Crippen LogP contribution in [0.25, 0.3) is 9.40 Å². The zero-order valence-corrected chi connectivity index (χ0v) is 11.8. The van der Waals surface area contributed by atoms with Crippen LogP contribution in [0.2, 0.25) is 0 Å². The fourth-order valence-electron chi connectivity index (χ4n) is 2.08. The number of aromatic nitrogens is 2. The first kappa shape index (κ1) is 11.9. The normalized spacial score (nSPS) is 13.2. The Balaban J connectivity index is 1.82. The van der Waals surface area contributed by atoms with Crippen molar-refractivity contribution < 1.29 is 0 Å². The molecule has 0 aromatic carbocycles. The molecule has 18 heavy (non-hydrogen) atoms. The molecular formula is C13H15N3S2. The highest BCUT2D eigenvalue weighted by atomic mass is 32.1. The van der Waals surface area contributed by atoms with Crippen molar-refractivity contribution in [3.8, 4) is 0 Å². The summed E-state index contributed by atoms with van der Waals surface area (Å²) in [7, 11) is 0. The van der Waals surface area contributed by atoms with Crippen molar-refractivity contribution in [1.29, 1.82) is 0 Å². The van der Waals surface area contributed by atoms with Gasteiger partial charge in [0.2, 0.25) is 0 Å². The van der Waals surface area contributed by atoms with Gasteiger partial charge in [0, 0.05) is 45.7 Å². The van der Waals surface area contributed by atoms with Gasteiger partial charge in [-0.3, -0.25) is 0 Å². The van der Waals surface area contributed by atoms with E-state index in [4.69, 9.17) is 5.73 Å². The number of nitrogens with two attached hydrogens (primary N) is 1. The van der Waals surface area contributed by atoms with Crippen molar-refractivity contribution in [2.75, 3.05) is 0 Å². The largest absolute Gasteiger partial charge is 0.335 e. The molecule has 0 aliphatic rings. The van der Waals surface area contributed by atoms with E-state index >= 15 is 0 Å². The predicted octanol–water partition coefficient (Wildman–Crippen LogP) is 3.42. The Morgan fingerprint density at radius 2 is 2.33 bits per heavy atom. The third-order valence-electron chi connectivity index (χ3n) is 3.07. The minimum atomic E-state index is 0.0438. The van der Waals surface area contributed by atoms with E-state index in [0.29, 0.717) is 0 Å². The molecule has 0 aliphatic heterocycles. The molecular weight excluding hydrogens is 262 g/mol. The van der Waals surface area contributed by atoms with Gasteiger partial charge in [0.1, 0.15) is 5.82 Å². The zero-order chi connectivity index (χ0) is 12.5. The number of imidazole rings is 1. The number of hydrogen-bond donors (Lipinski definition) is 1. The molecule has 3 rings (SSSR count). The van der Waals surface area contributed by atoms with E-state index in [1.54, 1.807) is 22.7 Å². The van der Waals surface area contributed by atoms with E-state index in [2.05, 4.69) is 34.0 Å². The number of rotatable bonds is 4. The molecule has 0 amide bonds. The fourth-order valence-corrected chi connectivity index (χ4v) is 4.20. The molecule has 0 bridgehead atoms. The van der Waals surface area contributed by atoms with Crippen molar-refractivity contribution in [2.24, 2.45) is 5.73 Å². The molecule has 3 nitrogen and oxygen atoms in total. The van der Waals surface area contributed by atoms with Gasteiger partial charge in [0.25, 0.3) is 0 Å². The third kappa shape index (κ3) is 2.09. The molecule has 0 spiro atoms. The molecule has 0 saturated carbocycles. The lowest BCUT2D eigenvalue weighted by Gasteiger charge is -2.10. The van der Waals surface area contributed by atoms with Crippen molar-refractivity contribution in [3.63, 3.8) is 0 Å². The molecule has 0 aliphatic carbocycles. The highest BCUT2D eigenvalue weighted by Gasteiger charge is 2.14. The van der Waals surface area contributed by atoms with Crippen molar-refractivity contribution in [3.05, 3.63) is 40.6 Å². The SMILES string of the molecule is CCn1ccnc1CC(N)c1cc2sccc2s1. The van der Waals surface area contributed by atoms with E-state index in [-0.39, 0.29) is 6.04 Å². The van der Waals surface area contributed by atoms with Gasteiger partial charge in [-0.25, -0.2) is 4.98 Å². The van der Waals surface area contributed by atoms with Gasteiger partial charge in [-0.05, 0) is 24.4 Å². The van der Waals surface area contributed by atoms with E-state index in [9.17, 15) is 0 Å². The first-order valence-electron chi connectivity index (χ1n) is 6.00. The Hall–Kier alpha value is -1.17. The Bertz CT molecular complexity index is 621. The average Bonchev–Trinajstić information content (AvgIpc) is 3.02. The lowest BCUT2D eigenvalue weighted by atomic mass is 10.2. The topological polar surface area (TPSA) is 43.8 Å². The summed E-state index contributed by atoms with van der Waals surface area (Å²) in [6, 6.07) is 4.42. The van der Waals surface area contributed by atoms with Crippen LogP contribution in [-0.4, -0.2) is 9.55 Å². The van der Waals surface area contributed by atoms with Crippen LogP contribution >= 0.6 is 22.7 Å². The second kappa shape index (κ2) is 4.84. The predicted molar refractivity (Wildman–Crippen MR) is 78.2 cm³/mol. The van der Waals surface area contributed by atoms with Gasteiger partial charge in [-0.2, -0.15) is 0 Å². The van der Waals surface area contributed by atoms with Gasteiger partial charge >= 0.3 is 0 Å². The van der Waals surface area contributed by atoms with Gasteiger partial charge in [-0.15, -0.1) is 22.7 Å². The van der Waals surface area contributed by atoms with Crippen molar-refractivity contribution >= 4 is 32.1 Å². The molecule has 1 atom stereocenters. The Morgan fingerprint density at radius 3 is 3.11 bits per heavy atom. The summed E-state index contributed by atoms with van der Waals surface area (Å²) in [6.45, 7) is 3.07. The minimum Gasteiger partial charge on any atom is -0.335 e. The summed E-state index contributed by atoms with van der Waals surface area (Å²) in [5.41, 5.74) is 6.29. The average molecular weight is 277 g/mol. The molecule has 5 heteroatoms. The number of aryl methyl sites for hydroxylation is 1. The second-order valence-corrected chi connectivity index (χ2v) is 6.30. The maximum atomic E-state index is 6.29. The maximum Gasteiger partial charge on any atom is 0.110 e. The molecule has 2 N–H and O–H groups in total. The minimum absolute atomic E-state index is 0.0438. The van der Waals surface area contributed by atoms with Crippen LogP contribution in [0.5, 0.6) is 0 Å². The van der Waals surface area contributed by atoms with Crippen molar-refractivity contribution in [2.45, 2.75) is 25.9 Å². The number of fused-ring (bicyclic) bond motifs is 1. The van der Waals surface area contributed by atoms with E-state index in [0.717, 1.165) is 18.8 Å². The van der Waals surface area contributed by atoms with Crippen LogP contribution in [0.4, 0.5) is 0 Å². The standard InChI is InChI=1S/C13H15N3S2/c1-2-16-5-4-15-13(16)7-9(14)11-8-12-10(18-11)3-6-17-12/h3-6,8-9H,2,7,14H2,1H3. The van der Waals surface area contributed by atoms with Gasteiger partial charge in [0.05, 0.1) is 0 Å². The lowest BCUT2D eigenvalue weighted by Crippen LogP contribution is -2.15.